The lowest BCUT2D eigenvalue weighted by atomic mass is 10.1. The molecule has 0 aliphatic heterocycles. The Hall–Kier alpha value is -3.65. The number of ether oxygens (including phenoxy) is 2. The van der Waals surface area contributed by atoms with Gasteiger partial charge in [0, 0.05) is 47.3 Å². The lowest BCUT2D eigenvalue weighted by molar-refractivity contribution is 0.0997. The predicted octanol–water partition coefficient (Wildman–Crippen LogP) is 4.27. The number of methoxy groups -OCH3 is 1. The highest BCUT2D eigenvalue weighted by atomic mass is 19.1. The molecule has 2 aromatic carbocycles. The number of rotatable bonds is 7. The highest BCUT2D eigenvalue weighted by Gasteiger charge is 2.21. The van der Waals surface area contributed by atoms with E-state index in [2.05, 4.69) is 10.3 Å². The lowest BCUT2D eigenvalue weighted by Crippen LogP contribution is -2.14. The second kappa shape index (κ2) is 7.55. The number of hydrogen-bond donors (Lipinski definition) is 2. The molecule has 1 fully saturated rings. The summed E-state index contributed by atoms with van der Waals surface area (Å²) in [5, 5.41) is 4.61. The van der Waals surface area contributed by atoms with E-state index in [1.165, 1.54) is 44.3 Å². The first-order valence-corrected chi connectivity index (χ1v) is 9.91. The highest BCUT2D eigenvalue weighted by molar-refractivity contribution is 6.01. The monoisotopic (exact) mass is 421 g/mol. The van der Waals surface area contributed by atoms with Gasteiger partial charge in [-0.25, -0.2) is 4.39 Å². The van der Waals surface area contributed by atoms with Crippen molar-refractivity contribution in [1.82, 2.24) is 10.3 Å². The number of aromatic nitrogens is 1. The largest absolute Gasteiger partial charge is 0.496 e. The Balaban J connectivity index is 1.52. The number of nitrogens with two attached hydrogens (primary N) is 1. The van der Waals surface area contributed by atoms with Crippen molar-refractivity contribution >= 4 is 27.8 Å². The van der Waals surface area contributed by atoms with Gasteiger partial charge in [0.25, 0.3) is 5.91 Å². The first kappa shape index (κ1) is 19.3. The summed E-state index contributed by atoms with van der Waals surface area (Å²) in [6.07, 6.45) is 5.51. The number of pyridine rings is 1. The summed E-state index contributed by atoms with van der Waals surface area (Å²) in [6.45, 7) is 0.629. The SMILES string of the molecule is COc1cc2nccc(Oc3cc4occ(CNC5CC5)c4cc3F)c2cc1C(N)=O. The average molecular weight is 421 g/mol. The Morgan fingerprint density at radius 3 is 2.81 bits per heavy atom. The van der Waals surface area contributed by atoms with Crippen molar-refractivity contribution in [2.45, 2.75) is 25.4 Å². The van der Waals surface area contributed by atoms with E-state index >= 15 is 0 Å². The molecule has 1 saturated carbocycles. The molecule has 1 amide bonds. The molecule has 5 rings (SSSR count). The molecular formula is C23H20FN3O4. The summed E-state index contributed by atoms with van der Waals surface area (Å²) in [5.74, 6) is -0.525. The minimum absolute atomic E-state index is 0.00694. The van der Waals surface area contributed by atoms with Gasteiger partial charge in [-0.3, -0.25) is 9.78 Å². The van der Waals surface area contributed by atoms with Crippen LogP contribution in [0.2, 0.25) is 0 Å². The maximum Gasteiger partial charge on any atom is 0.252 e. The Kier molecular flexibility index (Phi) is 4.71. The minimum Gasteiger partial charge on any atom is -0.496 e. The van der Waals surface area contributed by atoms with Crippen LogP contribution < -0.4 is 20.5 Å². The van der Waals surface area contributed by atoms with Crippen molar-refractivity contribution in [2.24, 2.45) is 5.73 Å². The van der Waals surface area contributed by atoms with Crippen molar-refractivity contribution in [1.29, 1.82) is 0 Å². The summed E-state index contributed by atoms with van der Waals surface area (Å²) < 4.78 is 31.6. The predicted molar refractivity (Wildman–Crippen MR) is 113 cm³/mol. The molecule has 31 heavy (non-hydrogen) atoms. The quantitative estimate of drug-likeness (QED) is 0.462. The smallest absolute Gasteiger partial charge is 0.252 e. The van der Waals surface area contributed by atoms with E-state index < -0.39 is 11.7 Å². The normalized spacial score (nSPS) is 13.6. The third kappa shape index (κ3) is 3.66. The van der Waals surface area contributed by atoms with Crippen LogP contribution in [0.15, 0.2) is 47.2 Å². The molecule has 3 N–H and O–H groups in total. The zero-order chi connectivity index (χ0) is 21.5. The molecule has 0 spiro atoms. The van der Waals surface area contributed by atoms with Crippen molar-refractivity contribution in [2.75, 3.05) is 7.11 Å². The average Bonchev–Trinajstić information content (AvgIpc) is 3.52. The summed E-state index contributed by atoms with van der Waals surface area (Å²) in [7, 11) is 1.44. The van der Waals surface area contributed by atoms with Crippen LogP contribution >= 0.6 is 0 Å². The van der Waals surface area contributed by atoms with Crippen LogP contribution in [0.1, 0.15) is 28.8 Å². The molecule has 7 nitrogen and oxygen atoms in total. The molecule has 0 saturated heterocycles. The highest BCUT2D eigenvalue weighted by Crippen LogP contribution is 2.36. The van der Waals surface area contributed by atoms with Gasteiger partial charge in [-0.2, -0.15) is 0 Å². The fourth-order valence-corrected chi connectivity index (χ4v) is 3.56. The van der Waals surface area contributed by atoms with Crippen LogP contribution in [-0.2, 0) is 6.54 Å². The van der Waals surface area contributed by atoms with Crippen molar-refractivity contribution < 1.29 is 23.1 Å². The van der Waals surface area contributed by atoms with E-state index in [4.69, 9.17) is 19.6 Å². The minimum atomic E-state index is -0.649. The van der Waals surface area contributed by atoms with E-state index in [9.17, 15) is 9.18 Å². The molecule has 158 valence electrons. The summed E-state index contributed by atoms with van der Waals surface area (Å²) >= 11 is 0. The van der Waals surface area contributed by atoms with Crippen molar-refractivity contribution in [3.05, 3.63) is 59.7 Å². The number of halogens is 1. The van der Waals surface area contributed by atoms with Crippen LogP contribution in [0.3, 0.4) is 0 Å². The van der Waals surface area contributed by atoms with E-state index in [0.717, 1.165) is 5.56 Å². The zero-order valence-corrected chi connectivity index (χ0v) is 16.8. The number of nitrogens with one attached hydrogen (secondary N) is 1. The summed E-state index contributed by atoms with van der Waals surface area (Å²) in [6, 6.07) is 8.20. The number of primary amides is 1. The Morgan fingerprint density at radius 2 is 2.06 bits per heavy atom. The van der Waals surface area contributed by atoms with Gasteiger partial charge < -0.3 is 24.9 Å². The number of furan rings is 1. The third-order valence-electron chi connectivity index (χ3n) is 5.37. The van der Waals surface area contributed by atoms with Crippen LogP contribution in [0.5, 0.6) is 17.2 Å². The Bertz CT molecular complexity index is 1310. The van der Waals surface area contributed by atoms with Gasteiger partial charge in [0.2, 0.25) is 0 Å². The molecule has 0 radical (unpaired) electrons. The number of amides is 1. The standard InChI is InChI=1S/C23H20FN3O4/c1-29-20-8-18-15(6-16(20)23(25)28)19(4-5-26-18)31-22-9-21-14(7-17(22)24)12(11-30-21)10-27-13-2-3-13/h4-9,11,13,27H,2-3,10H2,1H3,(H2,25,28). The van der Waals surface area contributed by atoms with Crippen molar-refractivity contribution in [3.8, 4) is 17.2 Å². The number of carbonyl (C=O) groups is 1. The molecule has 1 aliphatic rings. The van der Waals surface area contributed by atoms with Crippen LogP contribution in [0.25, 0.3) is 21.9 Å². The Morgan fingerprint density at radius 1 is 1.23 bits per heavy atom. The van der Waals surface area contributed by atoms with Gasteiger partial charge >= 0.3 is 0 Å². The maximum atomic E-state index is 14.9. The number of benzene rings is 2. The van der Waals surface area contributed by atoms with E-state index in [0.29, 0.717) is 46.0 Å². The number of carbonyl (C=O) groups excluding carboxylic acids is 1. The molecule has 1 aliphatic carbocycles. The van der Waals surface area contributed by atoms with Crippen LogP contribution in [-0.4, -0.2) is 24.0 Å². The fourth-order valence-electron chi connectivity index (χ4n) is 3.56. The Labute approximate surface area is 176 Å². The molecule has 0 atom stereocenters. The van der Waals surface area contributed by atoms with E-state index in [1.54, 1.807) is 18.4 Å². The molecular weight excluding hydrogens is 401 g/mol. The second-order valence-corrected chi connectivity index (χ2v) is 7.54. The molecule has 8 heteroatoms. The van der Waals surface area contributed by atoms with Gasteiger partial charge in [0.15, 0.2) is 11.6 Å². The van der Waals surface area contributed by atoms with Gasteiger partial charge in [-0.15, -0.1) is 0 Å². The fraction of sp³-hybridized carbons (Fsp3) is 0.217. The molecule has 4 aromatic rings. The number of hydrogen-bond acceptors (Lipinski definition) is 6. The zero-order valence-electron chi connectivity index (χ0n) is 16.8. The summed E-state index contributed by atoms with van der Waals surface area (Å²) in [4.78, 5) is 16.1. The van der Waals surface area contributed by atoms with Crippen molar-refractivity contribution in [3.63, 3.8) is 0 Å². The second-order valence-electron chi connectivity index (χ2n) is 7.54. The maximum absolute atomic E-state index is 14.9. The van der Waals surface area contributed by atoms with Gasteiger partial charge in [0.05, 0.1) is 24.5 Å². The number of nitrogens with zero attached hydrogens (tertiary/aromatic N) is 1. The lowest BCUT2D eigenvalue weighted by Gasteiger charge is -2.12. The first-order valence-electron chi connectivity index (χ1n) is 9.91. The van der Waals surface area contributed by atoms with Gasteiger partial charge in [0.1, 0.15) is 17.1 Å². The summed E-state index contributed by atoms with van der Waals surface area (Å²) in [5.41, 5.74) is 7.60. The third-order valence-corrected chi connectivity index (χ3v) is 5.37. The molecule has 2 heterocycles. The van der Waals surface area contributed by atoms with Crippen LogP contribution in [0.4, 0.5) is 4.39 Å². The molecule has 2 aromatic heterocycles. The van der Waals surface area contributed by atoms with Gasteiger partial charge in [-0.05, 0) is 31.0 Å². The topological polar surface area (TPSA) is 99.6 Å². The number of fused-ring (bicyclic) bond motifs is 2. The van der Waals surface area contributed by atoms with E-state index in [1.807, 2.05) is 0 Å². The molecule has 0 unspecified atom stereocenters. The first-order chi connectivity index (χ1) is 15.0. The van der Waals surface area contributed by atoms with Crippen LogP contribution in [0, 0.1) is 5.82 Å². The van der Waals surface area contributed by atoms with Gasteiger partial charge in [-0.1, -0.05) is 0 Å². The molecule has 0 bridgehead atoms. The van der Waals surface area contributed by atoms with E-state index in [-0.39, 0.29) is 11.3 Å².